The van der Waals surface area contributed by atoms with Gasteiger partial charge in [0.2, 0.25) is 11.8 Å². The largest absolute Gasteiger partial charge is 0.486 e. The first-order valence-electron chi connectivity index (χ1n) is 12.8. The second kappa shape index (κ2) is 12.2. The number of rotatable bonds is 11. The van der Waals surface area contributed by atoms with Crippen molar-refractivity contribution in [1.82, 2.24) is 20.2 Å². The van der Waals surface area contributed by atoms with Crippen LogP contribution in [0.5, 0.6) is 5.75 Å². The molecule has 2 amide bonds. The smallest absolute Gasteiger partial charge is 0.242 e. The number of benzene rings is 1. The molecular formula is C27H31Cl2IN6O4. The molecule has 2 aliphatic rings. The third kappa shape index (κ3) is 6.52. The van der Waals surface area contributed by atoms with Crippen molar-refractivity contribution in [2.45, 2.75) is 48.1 Å². The fourth-order valence-electron chi connectivity index (χ4n) is 4.76. The SMILES string of the molecule is CC(=O)C(=N)c1cc(OCc2ncccn2)ccc1NCC(=O)N1CC(I)C[C@H]1C(=O)NC[C@H]1C(C)(C)C1(Cl)Cl. The lowest BCUT2D eigenvalue weighted by Crippen LogP contribution is -2.48. The monoisotopic (exact) mass is 700 g/mol. The second-order valence-electron chi connectivity index (χ2n) is 10.5. The summed E-state index contributed by atoms with van der Waals surface area (Å²) in [6.45, 7) is 5.99. The fraction of sp³-hybridized carbons (Fsp3) is 0.481. The highest BCUT2D eigenvalue weighted by Gasteiger charge is 2.69. The number of anilines is 1. The predicted molar refractivity (Wildman–Crippen MR) is 161 cm³/mol. The van der Waals surface area contributed by atoms with Crippen LogP contribution in [-0.2, 0) is 21.0 Å². The zero-order valence-corrected chi connectivity index (χ0v) is 26.0. The van der Waals surface area contributed by atoms with E-state index in [2.05, 4.69) is 43.2 Å². The zero-order chi connectivity index (χ0) is 29.2. The number of nitrogens with zero attached hydrogens (tertiary/aromatic N) is 3. The number of hydrogen-bond donors (Lipinski definition) is 3. The molecular weight excluding hydrogens is 670 g/mol. The number of hydrogen-bond acceptors (Lipinski definition) is 8. The van der Waals surface area contributed by atoms with Crippen LogP contribution in [0.1, 0.15) is 38.6 Å². The topological polar surface area (TPSA) is 137 Å². The Bertz CT molecular complexity index is 1300. The number of ether oxygens (including phenoxy) is 1. The zero-order valence-electron chi connectivity index (χ0n) is 22.3. The van der Waals surface area contributed by atoms with Crippen LogP contribution in [0, 0.1) is 16.7 Å². The van der Waals surface area contributed by atoms with E-state index < -0.39 is 16.2 Å². The highest BCUT2D eigenvalue weighted by atomic mass is 127. The summed E-state index contributed by atoms with van der Waals surface area (Å²) in [6, 6.07) is 5.99. The molecule has 13 heteroatoms. The van der Waals surface area contributed by atoms with Gasteiger partial charge >= 0.3 is 0 Å². The standard InChI is InChI=1S/C27H31Cl2IN6O4/c1-15(37)24(31)18-10-17(40-14-22-32-7-4-8-33-22)5-6-19(18)34-12-23(38)36-13-16(30)9-20(36)25(39)35-11-21-26(2,3)27(21,28)29/h4-8,10,16,20-21,31,34H,9,11-14H2,1-3H3,(H,35,39)/t16?,20-,21-/m0/s1. The van der Waals surface area contributed by atoms with Crippen molar-refractivity contribution >= 4 is 74.8 Å². The van der Waals surface area contributed by atoms with Gasteiger partial charge in [0.05, 0.1) is 6.54 Å². The molecule has 1 aliphatic carbocycles. The average molecular weight is 701 g/mol. The molecule has 0 bridgehead atoms. The predicted octanol–water partition coefficient (Wildman–Crippen LogP) is 3.77. The van der Waals surface area contributed by atoms with Gasteiger partial charge in [-0.1, -0.05) is 36.4 Å². The van der Waals surface area contributed by atoms with E-state index in [0.717, 1.165) is 0 Å². The number of nitrogens with one attached hydrogen (secondary N) is 3. The number of carbonyl (C=O) groups is 3. The summed E-state index contributed by atoms with van der Waals surface area (Å²) < 4.78 is 4.99. The fourth-order valence-corrected chi connectivity index (χ4v) is 6.52. The highest BCUT2D eigenvalue weighted by molar-refractivity contribution is 14.1. The van der Waals surface area contributed by atoms with Crippen LogP contribution in [0.2, 0.25) is 0 Å². The van der Waals surface area contributed by atoms with Crippen LogP contribution in [0.3, 0.4) is 0 Å². The Labute approximate surface area is 256 Å². The molecule has 10 nitrogen and oxygen atoms in total. The van der Waals surface area contributed by atoms with E-state index >= 15 is 0 Å². The maximum atomic E-state index is 13.3. The first kappa shape index (κ1) is 30.4. The van der Waals surface area contributed by atoms with E-state index in [9.17, 15) is 14.4 Å². The number of Topliss-reactive ketones (excluding diaryl/α,β-unsaturated/α-hetero) is 1. The molecule has 4 rings (SSSR count). The lowest BCUT2D eigenvalue weighted by molar-refractivity contribution is -0.137. The van der Waals surface area contributed by atoms with Gasteiger partial charge in [-0.3, -0.25) is 19.8 Å². The number of halogens is 3. The van der Waals surface area contributed by atoms with Gasteiger partial charge in [0, 0.05) is 58.9 Å². The molecule has 1 saturated heterocycles. The molecule has 3 atom stereocenters. The van der Waals surface area contributed by atoms with Gasteiger partial charge in [-0.25, -0.2) is 9.97 Å². The van der Waals surface area contributed by atoms with Gasteiger partial charge in [-0.15, -0.1) is 23.2 Å². The molecule has 2 aromatic rings. The van der Waals surface area contributed by atoms with Gasteiger partial charge in [-0.05, 0) is 30.7 Å². The van der Waals surface area contributed by atoms with Crippen molar-refractivity contribution in [3.63, 3.8) is 0 Å². The molecule has 40 heavy (non-hydrogen) atoms. The Morgan fingerprint density at radius 1 is 1.23 bits per heavy atom. The van der Waals surface area contributed by atoms with Gasteiger partial charge in [-0.2, -0.15) is 0 Å². The van der Waals surface area contributed by atoms with E-state index in [1.165, 1.54) is 6.92 Å². The summed E-state index contributed by atoms with van der Waals surface area (Å²) in [5.41, 5.74) is 0.206. The number of aromatic nitrogens is 2. The van der Waals surface area contributed by atoms with Crippen LogP contribution in [0.4, 0.5) is 5.69 Å². The Morgan fingerprint density at radius 2 is 1.90 bits per heavy atom. The van der Waals surface area contributed by atoms with Crippen molar-refractivity contribution in [1.29, 1.82) is 5.41 Å². The number of carbonyl (C=O) groups excluding carboxylic acids is 3. The maximum Gasteiger partial charge on any atom is 0.242 e. The average Bonchev–Trinajstić information content (AvgIpc) is 3.16. The van der Waals surface area contributed by atoms with Crippen molar-refractivity contribution in [2.75, 3.05) is 25.0 Å². The number of ketones is 1. The van der Waals surface area contributed by atoms with Crippen LogP contribution >= 0.6 is 45.8 Å². The van der Waals surface area contributed by atoms with Gasteiger partial charge in [0.15, 0.2) is 11.6 Å². The summed E-state index contributed by atoms with van der Waals surface area (Å²) in [5.74, 6) is -0.0945. The lowest BCUT2D eigenvalue weighted by atomic mass is 10.0. The lowest BCUT2D eigenvalue weighted by Gasteiger charge is -2.24. The Hall–Kier alpha value is -2.51. The maximum absolute atomic E-state index is 13.3. The van der Waals surface area contributed by atoms with Crippen LogP contribution in [0.25, 0.3) is 0 Å². The first-order valence-corrected chi connectivity index (χ1v) is 14.8. The number of amides is 2. The molecule has 1 aromatic carbocycles. The molecule has 1 aromatic heterocycles. The van der Waals surface area contributed by atoms with Crippen molar-refractivity contribution in [2.24, 2.45) is 11.3 Å². The minimum Gasteiger partial charge on any atom is -0.486 e. The van der Waals surface area contributed by atoms with E-state index in [0.29, 0.717) is 42.3 Å². The first-order chi connectivity index (χ1) is 18.8. The summed E-state index contributed by atoms with van der Waals surface area (Å²) in [6.07, 6.45) is 3.76. The van der Waals surface area contributed by atoms with Crippen molar-refractivity contribution in [3.05, 3.63) is 48.0 Å². The minimum atomic E-state index is -0.887. The van der Waals surface area contributed by atoms with Crippen LogP contribution in [-0.4, -0.2) is 72.1 Å². The van der Waals surface area contributed by atoms with Gasteiger partial charge in [0.25, 0.3) is 0 Å². The molecule has 2 heterocycles. The molecule has 2 fully saturated rings. The second-order valence-corrected chi connectivity index (χ2v) is 13.6. The van der Waals surface area contributed by atoms with E-state index in [4.69, 9.17) is 33.3 Å². The molecule has 0 radical (unpaired) electrons. The van der Waals surface area contributed by atoms with Crippen molar-refractivity contribution in [3.8, 4) is 5.75 Å². The van der Waals surface area contributed by atoms with Gasteiger partial charge < -0.3 is 20.3 Å². The van der Waals surface area contributed by atoms with Crippen LogP contribution < -0.4 is 15.4 Å². The summed E-state index contributed by atoms with van der Waals surface area (Å²) in [5, 5.41) is 14.3. The molecule has 214 valence electrons. The Balaban J connectivity index is 1.40. The van der Waals surface area contributed by atoms with Gasteiger partial charge in [0.1, 0.15) is 28.4 Å². The summed E-state index contributed by atoms with van der Waals surface area (Å²) in [7, 11) is 0. The minimum absolute atomic E-state index is 0.0721. The summed E-state index contributed by atoms with van der Waals surface area (Å²) in [4.78, 5) is 48.1. The van der Waals surface area contributed by atoms with E-state index in [-0.39, 0.29) is 45.9 Å². The van der Waals surface area contributed by atoms with Crippen molar-refractivity contribution < 1.29 is 19.1 Å². The molecule has 1 unspecified atom stereocenters. The Morgan fingerprint density at radius 3 is 2.52 bits per heavy atom. The summed E-state index contributed by atoms with van der Waals surface area (Å²) >= 11 is 14.9. The van der Waals surface area contributed by atoms with E-state index in [1.807, 2.05) is 13.8 Å². The number of alkyl halides is 3. The molecule has 3 N–H and O–H groups in total. The number of likely N-dealkylation sites (tertiary alicyclic amines) is 1. The highest BCUT2D eigenvalue weighted by Crippen LogP contribution is 2.68. The molecule has 1 aliphatic heterocycles. The third-order valence-corrected chi connectivity index (χ3v) is 9.87. The third-order valence-electron chi connectivity index (χ3n) is 7.47. The normalized spacial score (nSPS) is 22.4. The van der Waals surface area contributed by atoms with E-state index in [1.54, 1.807) is 41.6 Å². The molecule has 0 spiro atoms. The van der Waals surface area contributed by atoms with Crippen LogP contribution in [0.15, 0.2) is 36.7 Å². The quantitative estimate of drug-likeness (QED) is 0.184. The Kier molecular flexibility index (Phi) is 9.25. The molecule has 1 saturated carbocycles.